The highest BCUT2D eigenvalue weighted by Gasteiger charge is 2.41. The lowest BCUT2D eigenvalue weighted by atomic mass is 9.89. The normalized spacial score (nSPS) is 20.9. The van der Waals surface area contributed by atoms with Gasteiger partial charge in [-0.1, -0.05) is 45.9 Å². The van der Waals surface area contributed by atoms with Gasteiger partial charge in [-0.05, 0) is 134 Å². The molecular formula is C57H66F4N10O6. The van der Waals surface area contributed by atoms with Crippen LogP contribution in [0.2, 0.25) is 0 Å². The van der Waals surface area contributed by atoms with Gasteiger partial charge in [0.05, 0.1) is 60.5 Å². The number of alkyl carbamates (subject to hydrolysis) is 2. The van der Waals surface area contributed by atoms with Gasteiger partial charge in [0.15, 0.2) is 23.3 Å². The minimum absolute atomic E-state index is 0.0937. The number of ether oxygens (including phenoxy) is 2. The molecule has 0 spiro atoms. The van der Waals surface area contributed by atoms with Crippen molar-refractivity contribution in [2.75, 3.05) is 50.2 Å². The molecule has 4 aromatic carbocycles. The van der Waals surface area contributed by atoms with Gasteiger partial charge in [0.25, 0.3) is 0 Å². The number of nitrogens with one attached hydrogen (secondary N) is 4. The summed E-state index contributed by atoms with van der Waals surface area (Å²) in [5.41, 5.74) is 5.49. The largest absolute Gasteiger partial charge is 0.453 e. The zero-order chi connectivity index (χ0) is 54.4. The van der Waals surface area contributed by atoms with E-state index < -0.39 is 47.5 Å². The molecule has 0 bridgehead atoms. The fourth-order valence-electron chi connectivity index (χ4n) is 12.2. The predicted molar refractivity (Wildman–Crippen MR) is 282 cm³/mol. The number of halogens is 4. The number of piperidine rings is 1. The summed E-state index contributed by atoms with van der Waals surface area (Å²) in [6.45, 7) is 9.09. The molecule has 0 aliphatic carbocycles. The summed E-state index contributed by atoms with van der Waals surface area (Å²) in [4.78, 5) is 76.7. The van der Waals surface area contributed by atoms with Crippen LogP contribution in [0.5, 0.6) is 0 Å². The summed E-state index contributed by atoms with van der Waals surface area (Å²) in [5.74, 6) is -2.97. The number of carbonyl (C=O) groups is 4. The molecular weight excluding hydrogens is 997 g/mol. The molecule has 408 valence electrons. The minimum Gasteiger partial charge on any atom is -0.453 e. The van der Waals surface area contributed by atoms with Gasteiger partial charge in [-0.3, -0.25) is 9.59 Å². The summed E-state index contributed by atoms with van der Waals surface area (Å²) in [7, 11) is 2.52. The molecule has 4 amide bonds. The Morgan fingerprint density at radius 1 is 0.558 bits per heavy atom. The van der Waals surface area contributed by atoms with Crippen LogP contribution in [-0.4, -0.2) is 106 Å². The number of hydrogen-bond acceptors (Lipinski definition) is 10. The number of nitrogens with zero attached hydrogens (tertiary/aromatic N) is 6. The van der Waals surface area contributed by atoms with Gasteiger partial charge in [0.1, 0.15) is 29.4 Å². The van der Waals surface area contributed by atoms with Crippen molar-refractivity contribution in [2.45, 2.75) is 121 Å². The maximum atomic E-state index is 16.8. The van der Waals surface area contributed by atoms with E-state index in [0.29, 0.717) is 98.6 Å². The fourth-order valence-corrected chi connectivity index (χ4v) is 12.2. The molecule has 4 N–H and O–H groups in total. The molecule has 20 heteroatoms. The summed E-state index contributed by atoms with van der Waals surface area (Å²) < 4.78 is 71.2. The van der Waals surface area contributed by atoms with Crippen molar-refractivity contribution in [3.05, 3.63) is 118 Å². The van der Waals surface area contributed by atoms with Gasteiger partial charge in [0, 0.05) is 31.9 Å². The van der Waals surface area contributed by atoms with Crippen LogP contribution in [-0.2, 0) is 19.1 Å². The van der Waals surface area contributed by atoms with Crippen molar-refractivity contribution < 1.29 is 46.2 Å². The highest BCUT2D eigenvalue weighted by atomic mass is 19.2. The topological polar surface area (TPSA) is 181 Å². The van der Waals surface area contributed by atoms with Crippen LogP contribution < -0.4 is 20.4 Å². The van der Waals surface area contributed by atoms with Crippen molar-refractivity contribution in [3.8, 4) is 0 Å². The number of hydrogen-bond donors (Lipinski definition) is 4. The quantitative estimate of drug-likeness (QED) is 0.0813. The molecule has 6 heterocycles. The third-order valence-electron chi connectivity index (χ3n) is 16.2. The molecule has 4 aliphatic rings. The number of carbonyl (C=O) groups excluding carboxylic acids is 4. The second kappa shape index (κ2) is 21.9. The Morgan fingerprint density at radius 3 is 1.47 bits per heavy atom. The zero-order valence-electron chi connectivity index (χ0n) is 44.2. The number of imidazole rings is 2. The van der Waals surface area contributed by atoms with Gasteiger partial charge < -0.3 is 49.7 Å². The molecule has 77 heavy (non-hydrogen) atoms. The molecule has 6 aromatic rings. The summed E-state index contributed by atoms with van der Waals surface area (Å²) in [6.07, 6.45) is 3.72. The Bertz CT molecular complexity index is 3020. The molecule has 2 aromatic heterocycles. The molecule has 0 radical (unpaired) electrons. The second-order valence-electron chi connectivity index (χ2n) is 21.6. The SMILES string of the molecule is COC(=O)N[C@H](C(=O)N1CCC[C@H]1c1nc2ccc([C@H]3CC[C@H](c4ccc5nc([C@@H]6CCCN6C(=O)[C@@H](NC(=O)OC)C(C)C)[nH]c5c4)N3c3cc(F)c(N4CCC(c5ccc(F)c(F)c5)CC4)c(F)c3)cc2[nH]1)C(C)C. The van der Waals surface area contributed by atoms with Gasteiger partial charge in [-0.2, -0.15) is 0 Å². The van der Waals surface area contributed by atoms with E-state index in [1.54, 1.807) is 20.8 Å². The number of fused-ring (bicyclic) bond motifs is 2. The van der Waals surface area contributed by atoms with E-state index in [1.165, 1.54) is 32.4 Å². The van der Waals surface area contributed by atoms with Crippen molar-refractivity contribution in [3.63, 3.8) is 0 Å². The van der Waals surface area contributed by atoms with E-state index in [0.717, 1.165) is 41.1 Å². The Kier molecular flexibility index (Phi) is 15.1. The van der Waals surface area contributed by atoms with Crippen LogP contribution in [0.15, 0.2) is 66.7 Å². The van der Waals surface area contributed by atoms with Crippen LogP contribution >= 0.6 is 0 Å². The molecule has 16 nitrogen and oxygen atoms in total. The first-order chi connectivity index (χ1) is 37.0. The van der Waals surface area contributed by atoms with Gasteiger partial charge in [-0.25, -0.2) is 37.1 Å². The molecule has 4 fully saturated rings. The highest BCUT2D eigenvalue weighted by Crippen LogP contribution is 2.49. The van der Waals surface area contributed by atoms with Crippen LogP contribution in [0.1, 0.15) is 137 Å². The number of aromatic amines is 2. The van der Waals surface area contributed by atoms with Crippen molar-refractivity contribution in [1.82, 2.24) is 40.4 Å². The van der Waals surface area contributed by atoms with Gasteiger partial charge in [0.2, 0.25) is 11.8 Å². The van der Waals surface area contributed by atoms with Crippen LogP contribution in [0.25, 0.3) is 22.1 Å². The smallest absolute Gasteiger partial charge is 0.407 e. The maximum absolute atomic E-state index is 16.8. The number of rotatable bonds is 13. The number of benzene rings is 4. The van der Waals surface area contributed by atoms with Crippen LogP contribution in [0, 0.1) is 35.1 Å². The first-order valence-electron chi connectivity index (χ1n) is 26.8. The molecule has 10 rings (SSSR count). The highest BCUT2D eigenvalue weighted by molar-refractivity contribution is 5.88. The van der Waals surface area contributed by atoms with Crippen LogP contribution in [0.4, 0.5) is 38.5 Å². The standard InChI is InChI=1S/C57H66F4N10O6/c1-30(2)49(66-56(74)76-5)54(72)69-21-7-9-47(69)52-62-41-15-12-34(26-43(41)64-52)45-17-18-46(71(45)36-28-39(60)51(40(61)29-36)68-23-19-32(20-24-68)33-11-14-37(58)38(59)25-33)35-13-16-42-44(27-35)65-53(63-42)48-10-8-22-70(48)55(73)50(31(3)4)67-57(75)77-6/h11-16,25-32,45-50H,7-10,17-24H2,1-6H3,(H,62,64)(H,63,65)(H,66,74)(H,67,75)/t45-,46-,47+,48+,49+,50+/m1/s1. The summed E-state index contributed by atoms with van der Waals surface area (Å²) in [6, 6.07) is 15.5. The van der Waals surface area contributed by atoms with E-state index >= 15 is 8.78 Å². The van der Waals surface area contributed by atoms with Gasteiger partial charge in [-0.15, -0.1) is 0 Å². The first-order valence-corrected chi connectivity index (χ1v) is 26.8. The lowest BCUT2D eigenvalue weighted by Gasteiger charge is -2.36. The minimum atomic E-state index is -0.924. The Morgan fingerprint density at radius 2 is 1.03 bits per heavy atom. The average molecular weight is 1060 g/mol. The van der Waals surface area contributed by atoms with E-state index in [4.69, 9.17) is 19.4 Å². The van der Waals surface area contributed by atoms with E-state index in [2.05, 4.69) is 25.5 Å². The number of H-pyrrole nitrogens is 2. The molecule has 4 saturated heterocycles. The van der Waals surface area contributed by atoms with Gasteiger partial charge >= 0.3 is 12.2 Å². The number of anilines is 2. The van der Waals surface area contributed by atoms with E-state index in [-0.39, 0.29) is 59.4 Å². The Hall–Kier alpha value is -7.38. The molecule has 4 aliphatic heterocycles. The number of amides is 4. The monoisotopic (exact) mass is 1060 g/mol. The molecule has 0 unspecified atom stereocenters. The average Bonchev–Trinajstić information content (AvgIpc) is 4.29. The molecule has 6 atom stereocenters. The van der Waals surface area contributed by atoms with E-state index in [1.807, 2.05) is 64.1 Å². The first kappa shape index (κ1) is 53.0. The third kappa shape index (κ3) is 10.5. The zero-order valence-corrected chi connectivity index (χ0v) is 44.2. The predicted octanol–water partition coefficient (Wildman–Crippen LogP) is 10.6. The number of methoxy groups -OCH3 is 2. The number of likely N-dealkylation sites (tertiary alicyclic amines) is 2. The maximum Gasteiger partial charge on any atom is 0.407 e. The second-order valence-corrected chi connectivity index (χ2v) is 21.6. The lowest BCUT2D eigenvalue weighted by molar-refractivity contribution is -0.136. The Labute approximate surface area is 444 Å². The van der Waals surface area contributed by atoms with Crippen molar-refractivity contribution >= 4 is 57.4 Å². The molecule has 0 saturated carbocycles. The number of aromatic nitrogens is 4. The van der Waals surface area contributed by atoms with Crippen LogP contribution in [0.3, 0.4) is 0 Å². The van der Waals surface area contributed by atoms with Crippen molar-refractivity contribution in [2.24, 2.45) is 11.8 Å². The van der Waals surface area contributed by atoms with Crippen molar-refractivity contribution in [1.29, 1.82) is 0 Å². The third-order valence-corrected chi connectivity index (χ3v) is 16.2. The van der Waals surface area contributed by atoms with E-state index in [9.17, 15) is 28.0 Å². The fraction of sp³-hybridized carbons (Fsp3) is 0.474. The Balaban J connectivity index is 0.964. The lowest BCUT2D eigenvalue weighted by Crippen LogP contribution is -2.51. The summed E-state index contributed by atoms with van der Waals surface area (Å²) in [5, 5.41) is 5.40. The summed E-state index contributed by atoms with van der Waals surface area (Å²) >= 11 is 0.